The van der Waals surface area contributed by atoms with Gasteiger partial charge in [-0.05, 0) is 24.1 Å². The quantitative estimate of drug-likeness (QED) is 0.790. The van der Waals surface area contributed by atoms with Gasteiger partial charge in [0.2, 0.25) is 5.91 Å². The third-order valence-corrected chi connectivity index (χ3v) is 3.35. The van der Waals surface area contributed by atoms with Gasteiger partial charge in [-0.3, -0.25) is 14.7 Å². The van der Waals surface area contributed by atoms with Gasteiger partial charge in [-0.25, -0.2) is 0 Å². The number of nitrogens with one attached hydrogen (secondary N) is 2. The molecule has 1 aliphatic heterocycles. The van der Waals surface area contributed by atoms with Crippen LogP contribution >= 0.6 is 0 Å². The smallest absolute Gasteiger partial charge is 0.307 e. The first kappa shape index (κ1) is 12.4. The molecule has 0 bridgehead atoms. The number of benzene rings is 1. The summed E-state index contributed by atoms with van der Waals surface area (Å²) in [7, 11) is 0. The molecule has 1 aliphatic rings. The van der Waals surface area contributed by atoms with E-state index in [1.165, 1.54) is 6.20 Å². The SMILES string of the molecule is O=C(O)Cc1cn[nH]c1-c1ccc2c(c1)CCC(=O)N2. The van der Waals surface area contributed by atoms with E-state index in [1.807, 2.05) is 18.2 Å². The molecule has 0 radical (unpaired) electrons. The van der Waals surface area contributed by atoms with Crippen molar-refractivity contribution in [3.63, 3.8) is 0 Å². The molecule has 3 rings (SSSR count). The van der Waals surface area contributed by atoms with E-state index in [0.29, 0.717) is 24.1 Å². The van der Waals surface area contributed by atoms with E-state index in [0.717, 1.165) is 16.8 Å². The Bertz CT molecular complexity index is 691. The molecule has 0 aliphatic carbocycles. The van der Waals surface area contributed by atoms with E-state index in [4.69, 9.17) is 5.11 Å². The summed E-state index contributed by atoms with van der Waals surface area (Å²) >= 11 is 0. The molecule has 20 heavy (non-hydrogen) atoms. The average Bonchev–Trinajstić information content (AvgIpc) is 2.85. The van der Waals surface area contributed by atoms with E-state index in [1.54, 1.807) is 0 Å². The first-order chi connectivity index (χ1) is 9.63. The number of nitrogens with zero attached hydrogens (tertiary/aromatic N) is 1. The van der Waals surface area contributed by atoms with Gasteiger partial charge in [-0.2, -0.15) is 5.10 Å². The lowest BCUT2D eigenvalue weighted by Crippen LogP contribution is -2.18. The van der Waals surface area contributed by atoms with Crippen molar-refractivity contribution in [2.24, 2.45) is 0 Å². The second-order valence-electron chi connectivity index (χ2n) is 4.76. The molecule has 1 aromatic carbocycles. The summed E-state index contributed by atoms with van der Waals surface area (Å²) in [5.41, 5.74) is 4.13. The first-order valence-corrected chi connectivity index (χ1v) is 6.30. The number of aryl methyl sites for hydroxylation is 1. The largest absolute Gasteiger partial charge is 0.481 e. The van der Waals surface area contributed by atoms with Gasteiger partial charge in [0.15, 0.2) is 0 Å². The van der Waals surface area contributed by atoms with Crippen LogP contribution in [0.1, 0.15) is 17.5 Å². The molecule has 0 saturated carbocycles. The van der Waals surface area contributed by atoms with Crippen LogP contribution in [-0.4, -0.2) is 27.2 Å². The van der Waals surface area contributed by atoms with Gasteiger partial charge in [0.25, 0.3) is 0 Å². The molecule has 0 atom stereocenters. The van der Waals surface area contributed by atoms with Crippen molar-refractivity contribution in [1.82, 2.24) is 10.2 Å². The van der Waals surface area contributed by atoms with Gasteiger partial charge >= 0.3 is 5.97 Å². The number of H-pyrrole nitrogens is 1. The van der Waals surface area contributed by atoms with Crippen LogP contribution in [0.2, 0.25) is 0 Å². The predicted molar refractivity (Wildman–Crippen MR) is 72.3 cm³/mol. The Hall–Kier alpha value is -2.63. The zero-order valence-electron chi connectivity index (χ0n) is 10.6. The Morgan fingerprint density at radius 3 is 3.00 bits per heavy atom. The van der Waals surface area contributed by atoms with Crippen LogP contribution in [0.3, 0.4) is 0 Å². The van der Waals surface area contributed by atoms with Crippen molar-refractivity contribution in [3.05, 3.63) is 35.5 Å². The molecule has 1 aromatic heterocycles. The zero-order chi connectivity index (χ0) is 14.1. The molecule has 2 heterocycles. The van der Waals surface area contributed by atoms with Gasteiger partial charge < -0.3 is 10.4 Å². The first-order valence-electron chi connectivity index (χ1n) is 6.30. The second-order valence-corrected chi connectivity index (χ2v) is 4.76. The average molecular weight is 271 g/mol. The summed E-state index contributed by atoms with van der Waals surface area (Å²) in [5, 5.41) is 18.5. The lowest BCUT2D eigenvalue weighted by atomic mass is 9.97. The van der Waals surface area contributed by atoms with Crippen molar-refractivity contribution in [2.75, 3.05) is 5.32 Å². The topological polar surface area (TPSA) is 95.1 Å². The minimum absolute atomic E-state index is 0.0263. The number of carboxylic acid groups (broad SMARTS) is 1. The summed E-state index contributed by atoms with van der Waals surface area (Å²) < 4.78 is 0. The number of aromatic amines is 1. The highest BCUT2D eigenvalue weighted by atomic mass is 16.4. The third kappa shape index (κ3) is 2.27. The molecule has 3 N–H and O–H groups in total. The monoisotopic (exact) mass is 271 g/mol. The van der Waals surface area contributed by atoms with Crippen molar-refractivity contribution >= 4 is 17.6 Å². The van der Waals surface area contributed by atoms with E-state index < -0.39 is 5.97 Å². The lowest BCUT2D eigenvalue weighted by Gasteiger charge is -2.17. The summed E-state index contributed by atoms with van der Waals surface area (Å²) in [6.45, 7) is 0. The Balaban J connectivity index is 1.97. The van der Waals surface area contributed by atoms with Gasteiger partial charge in [-0.15, -0.1) is 0 Å². The fourth-order valence-corrected chi connectivity index (χ4v) is 2.40. The molecule has 0 saturated heterocycles. The summed E-state index contributed by atoms with van der Waals surface area (Å²) in [5.74, 6) is -0.865. The molecule has 6 heteroatoms. The number of rotatable bonds is 3. The highest BCUT2D eigenvalue weighted by Gasteiger charge is 2.17. The van der Waals surface area contributed by atoms with Crippen LogP contribution in [-0.2, 0) is 22.4 Å². The highest BCUT2D eigenvalue weighted by Crippen LogP contribution is 2.29. The summed E-state index contributed by atoms with van der Waals surface area (Å²) in [4.78, 5) is 22.2. The number of carboxylic acids is 1. The number of anilines is 1. The Morgan fingerprint density at radius 2 is 2.20 bits per heavy atom. The molecule has 0 unspecified atom stereocenters. The number of carbonyl (C=O) groups is 2. The van der Waals surface area contributed by atoms with Crippen molar-refractivity contribution < 1.29 is 14.7 Å². The Kier molecular flexibility index (Phi) is 2.98. The van der Waals surface area contributed by atoms with Crippen LogP contribution in [0.5, 0.6) is 0 Å². The summed E-state index contributed by atoms with van der Waals surface area (Å²) in [6.07, 6.45) is 2.63. The molecule has 0 fully saturated rings. The number of aromatic nitrogens is 2. The van der Waals surface area contributed by atoms with Crippen molar-refractivity contribution in [3.8, 4) is 11.3 Å². The molecule has 2 aromatic rings. The standard InChI is InChI=1S/C14H13N3O3/c18-12-4-2-8-5-9(1-3-11(8)16-12)14-10(6-13(19)20)7-15-17-14/h1,3,5,7H,2,4,6H2,(H,15,17)(H,16,18)(H,19,20). The molecule has 102 valence electrons. The van der Waals surface area contributed by atoms with Gasteiger partial charge in [0, 0.05) is 23.2 Å². The van der Waals surface area contributed by atoms with Gasteiger partial charge in [-0.1, -0.05) is 6.07 Å². The van der Waals surface area contributed by atoms with Gasteiger partial charge in [0.1, 0.15) is 0 Å². The van der Waals surface area contributed by atoms with Crippen LogP contribution < -0.4 is 5.32 Å². The fraction of sp³-hybridized carbons (Fsp3) is 0.214. The zero-order valence-corrected chi connectivity index (χ0v) is 10.6. The maximum Gasteiger partial charge on any atom is 0.307 e. The minimum Gasteiger partial charge on any atom is -0.481 e. The van der Waals surface area contributed by atoms with E-state index in [2.05, 4.69) is 15.5 Å². The third-order valence-electron chi connectivity index (χ3n) is 3.35. The Morgan fingerprint density at radius 1 is 1.35 bits per heavy atom. The minimum atomic E-state index is -0.891. The maximum atomic E-state index is 11.3. The molecule has 6 nitrogen and oxygen atoms in total. The molecular formula is C14H13N3O3. The van der Waals surface area contributed by atoms with E-state index in [9.17, 15) is 9.59 Å². The number of amides is 1. The predicted octanol–water partition coefficient (Wildman–Crippen LogP) is 1.59. The maximum absolute atomic E-state index is 11.3. The van der Waals surface area contributed by atoms with Crippen LogP contribution in [0, 0.1) is 0 Å². The lowest BCUT2D eigenvalue weighted by molar-refractivity contribution is -0.136. The van der Waals surface area contributed by atoms with Crippen LogP contribution in [0.25, 0.3) is 11.3 Å². The van der Waals surface area contributed by atoms with Crippen molar-refractivity contribution in [1.29, 1.82) is 0 Å². The van der Waals surface area contributed by atoms with E-state index >= 15 is 0 Å². The number of carbonyl (C=O) groups excluding carboxylic acids is 1. The normalized spacial score (nSPS) is 13.7. The highest BCUT2D eigenvalue weighted by molar-refractivity contribution is 5.94. The number of aliphatic carboxylic acids is 1. The van der Waals surface area contributed by atoms with Crippen LogP contribution in [0.15, 0.2) is 24.4 Å². The van der Waals surface area contributed by atoms with Crippen molar-refractivity contribution in [2.45, 2.75) is 19.3 Å². The van der Waals surface area contributed by atoms with E-state index in [-0.39, 0.29) is 12.3 Å². The second kappa shape index (κ2) is 4.80. The number of hydrogen-bond acceptors (Lipinski definition) is 3. The number of hydrogen-bond donors (Lipinski definition) is 3. The molecular weight excluding hydrogens is 258 g/mol. The number of fused-ring (bicyclic) bond motifs is 1. The fourth-order valence-electron chi connectivity index (χ4n) is 2.40. The molecule has 1 amide bonds. The Labute approximate surface area is 114 Å². The summed E-state index contributed by atoms with van der Waals surface area (Å²) in [6, 6.07) is 5.66. The molecule has 0 spiro atoms. The van der Waals surface area contributed by atoms with Crippen LogP contribution in [0.4, 0.5) is 5.69 Å². The van der Waals surface area contributed by atoms with Gasteiger partial charge in [0.05, 0.1) is 18.3 Å².